The summed E-state index contributed by atoms with van der Waals surface area (Å²) in [5.74, 6) is 0.395. The number of hydrogen-bond acceptors (Lipinski definition) is 0. The van der Waals surface area contributed by atoms with Gasteiger partial charge in [-0.3, -0.25) is 0 Å². The van der Waals surface area contributed by atoms with Gasteiger partial charge >= 0.3 is 0 Å². The lowest BCUT2D eigenvalue weighted by molar-refractivity contribution is 0.828. The van der Waals surface area contributed by atoms with Gasteiger partial charge < -0.3 is 0 Å². The molecule has 0 nitrogen and oxygen atoms in total. The Hall–Kier alpha value is -4.94. The molecule has 8 rings (SSSR count). The van der Waals surface area contributed by atoms with Gasteiger partial charge in [-0.1, -0.05) is 147 Å². The van der Waals surface area contributed by atoms with Crippen LogP contribution in [0.5, 0.6) is 0 Å². The Kier molecular flexibility index (Phi) is 6.64. The van der Waals surface area contributed by atoms with Crippen molar-refractivity contribution in [2.24, 2.45) is 0 Å². The quantitative estimate of drug-likeness (QED) is 0.182. The van der Waals surface area contributed by atoms with Crippen molar-refractivity contribution < 1.29 is 0 Å². The highest BCUT2D eigenvalue weighted by molar-refractivity contribution is 6.19. The molecule has 0 N–H and O–H groups in total. The fourth-order valence-electron chi connectivity index (χ4n) is 7.59. The maximum absolute atomic E-state index is 2.43. The van der Waals surface area contributed by atoms with E-state index in [1.165, 1.54) is 82.4 Å². The number of hydrogen-bond donors (Lipinski definition) is 0. The molecule has 7 aromatic carbocycles. The average Bonchev–Trinajstić information content (AvgIpc) is 3.08. The zero-order valence-corrected chi connectivity index (χ0v) is 25.5. The van der Waals surface area contributed by atoms with Crippen molar-refractivity contribution in [2.75, 3.05) is 0 Å². The molecule has 1 aliphatic rings. The molecule has 0 fully saturated rings. The van der Waals surface area contributed by atoms with E-state index in [0.717, 1.165) is 19.3 Å². The first-order valence-electron chi connectivity index (χ1n) is 16.0. The van der Waals surface area contributed by atoms with Gasteiger partial charge in [0.05, 0.1) is 0 Å². The summed E-state index contributed by atoms with van der Waals surface area (Å²) in [5, 5.41) is 7.97. The van der Waals surface area contributed by atoms with Crippen molar-refractivity contribution in [3.63, 3.8) is 0 Å². The summed E-state index contributed by atoms with van der Waals surface area (Å²) >= 11 is 0. The fraction of sp³-hybridized carbons (Fsp3) is 0.136. The van der Waals surface area contributed by atoms with Crippen LogP contribution >= 0.6 is 0 Å². The molecular weight excluding hydrogens is 528 g/mol. The highest BCUT2D eigenvalue weighted by atomic mass is 14.2. The Labute approximate surface area is 260 Å². The number of fused-ring (bicyclic) bond motifs is 5. The van der Waals surface area contributed by atoms with Gasteiger partial charge in [-0.25, -0.2) is 0 Å². The third-order valence-electron chi connectivity index (χ3n) is 9.71. The second-order valence-corrected chi connectivity index (χ2v) is 12.4. The third-order valence-corrected chi connectivity index (χ3v) is 9.71. The molecule has 44 heavy (non-hydrogen) atoms. The van der Waals surface area contributed by atoms with Gasteiger partial charge in [0.25, 0.3) is 0 Å². The summed E-state index contributed by atoms with van der Waals surface area (Å²) in [6.45, 7) is 4.60. The SMILES string of the molecule is CCCc1ccccc1-c1cccc2c1c(C)c(-c1ccc3c(c1)C=CC(c1ccc4ccccc4c1)C3)c1ccccc12. The Morgan fingerprint density at radius 1 is 0.636 bits per heavy atom. The van der Waals surface area contributed by atoms with Gasteiger partial charge in [-0.2, -0.15) is 0 Å². The van der Waals surface area contributed by atoms with Crippen molar-refractivity contribution in [1.29, 1.82) is 0 Å². The van der Waals surface area contributed by atoms with Crippen LogP contribution in [0.25, 0.3) is 60.6 Å². The Bertz CT molecular complexity index is 2230. The number of aryl methyl sites for hydroxylation is 2. The first-order valence-corrected chi connectivity index (χ1v) is 16.0. The Balaban J connectivity index is 1.27. The lowest BCUT2D eigenvalue weighted by Gasteiger charge is -2.23. The molecule has 1 unspecified atom stereocenters. The van der Waals surface area contributed by atoms with Gasteiger partial charge in [-0.05, 0) is 108 Å². The summed E-state index contributed by atoms with van der Waals surface area (Å²) in [6, 6.07) is 47.6. The normalized spacial score (nSPS) is 14.4. The predicted molar refractivity (Wildman–Crippen MR) is 190 cm³/mol. The minimum Gasteiger partial charge on any atom is -0.0761 e. The lowest BCUT2D eigenvalue weighted by Crippen LogP contribution is -2.06. The zero-order valence-electron chi connectivity index (χ0n) is 25.5. The van der Waals surface area contributed by atoms with E-state index in [1.807, 2.05) is 0 Å². The molecule has 0 bridgehead atoms. The number of benzene rings is 7. The van der Waals surface area contributed by atoms with Crippen molar-refractivity contribution in [1.82, 2.24) is 0 Å². The van der Waals surface area contributed by atoms with E-state index in [1.54, 1.807) is 0 Å². The van der Waals surface area contributed by atoms with Crippen LogP contribution in [0.15, 0.2) is 133 Å². The van der Waals surface area contributed by atoms with Crippen LogP contribution in [0.1, 0.15) is 47.1 Å². The summed E-state index contributed by atoms with van der Waals surface area (Å²) in [6.07, 6.45) is 8.01. The molecule has 0 heteroatoms. The van der Waals surface area contributed by atoms with Crippen LogP contribution in [0.4, 0.5) is 0 Å². The van der Waals surface area contributed by atoms with Gasteiger partial charge in [0.15, 0.2) is 0 Å². The van der Waals surface area contributed by atoms with E-state index >= 15 is 0 Å². The molecule has 0 saturated heterocycles. The largest absolute Gasteiger partial charge is 0.0761 e. The Morgan fingerprint density at radius 2 is 1.39 bits per heavy atom. The molecule has 212 valence electrons. The summed E-state index contributed by atoms with van der Waals surface area (Å²) in [4.78, 5) is 0. The molecule has 0 radical (unpaired) electrons. The first kappa shape index (κ1) is 26.7. The van der Waals surface area contributed by atoms with Crippen LogP contribution in [0.2, 0.25) is 0 Å². The predicted octanol–water partition coefficient (Wildman–Crippen LogP) is 12.1. The van der Waals surface area contributed by atoms with Crippen LogP contribution in [-0.4, -0.2) is 0 Å². The highest BCUT2D eigenvalue weighted by Gasteiger charge is 2.20. The standard InChI is InChI=1S/C44H36/c1-3-11-31-13-6-7-15-38(31)40-18-10-19-42-39-16-8-9-17-41(39)43(29(2)44(40)42)37-25-24-35-27-34(22-23-36(35)28-37)33-21-20-30-12-4-5-14-32(30)26-33/h4-10,12-26,28,34H,3,11,27H2,1-2H3. The maximum Gasteiger partial charge on any atom is 0.00621 e. The molecule has 1 aliphatic carbocycles. The molecule has 0 aromatic heterocycles. The molecule has 0 saturated carbocycles. The average molecular weight is 565 g/mol. The smallest absolute Gasteiger partial charge is 0.00621 e. The number of rotatable bonds is 5. The molecule has 0 amide bonds. The molecule has 7 aromatic rings. The third kappa shape index (κ3) is 4.45. The molecular formula is C44H36. The van der Waals surface area contributed by atoms with Gasteiger partial charge in [0.2, 0.25) is 0 Å². The second-order valence-electron chi connectivity index (χ2n) is 12.4. The number of allylic oxidation sites excluding steroid dienone is 1. The van der Waals surface area contributed by atoms with E-state index in [9.17, 15) is 0 Å². The van der Waals surface area contributed by atoms with Gasteiger partial charge in [-0.15, -0.1) is 0 Å². The molecule has 0 spiro atoms. The zero-order chi connectivity index (χ0) is 29.6. The fourth-order valence-corrected chi connectivity index (χ4v) is 7.59. The van der Waals surface area contributed by atoms with Crippen molar-refractivity contribution in [2.45, 2.75) is 39.0 Å². The first-order chi connectivity index (χ1) is 21.7. The van der Waals surface area contributed by atoms with Crippen LogP contribution in [0.3, 0.4) is 0 Å². The van der Waals surface area contributed by atoms with Crippen LogP contribution in [0, 0.1) is 6.92 Å². The summed E-state index contributed by atoms with van der Waals surface area (Å²) in [7, 11) is 0. The van der Waals surface area contributed by atoms with Gasteiger partial charge in [0.1, 0.15) is 0 Å². The maximum atomic E-state index is 2.43. The molecule has 0 heterocycles. The van der Waals surface area contributed by atoms with E-state index in [-0.39, 0.29) is 0 Å². The molecule has 0 aliphatic heterocycles. The topological polar surface area (TPSA) is 0 Å². The monoisotopic (exact) mass is 564 g/mol. The van der Waals surface area contributed by atoms with E-state index in [2.05, 4.69) is 153 Å². The molecule has 1 atom stereocenters. The van der Waals surface area contributed by atoms with Crippen LogP contribution in [-0.2, 0) is 12.8 Å². The van der Waals surface area contributed by atoms with E-state index in [4.69, 9.17) is 0 Å². The minimum atomic E-state index is 0.395. The second kappa shape index (κ2) is 11.0. The minimum absolute atomic E-state index is 0.395. The summed E-state index contributed by atoms with van der Waals surface area (Å²) in [5.41, 5.74) is 12.3. The Morgan fingerprint density at radius 3 is 2.27 bits per heavy atom. The van der Waals surface area contributed by atoms with E-state index < -0.39 is 0 Å². The van der Waals surface area contributed by atoms with Crippen molar-refractivity contribution in [3.8, 4) is 22.3 Å². The van der Waals surface area contributed by atoms with Crippen molar-refractivity contribution in [3.05, 3.63) is 161 Å². The summed E-state index contributed by atoms with van der Waals surface area (Å²) < 4.78 is 0. The lowest BCUT2D eigenvalue weighted by atomic mass is 9.81. The van der Waals surface area contributed by atoms with Crippen LogP contribution < -0.4 is 0 Å². The van der Waals surface area contributed by atoms with Crippen molar-refractivity contribution >= 4 is 38.4 Å². The highest BCUT2D eigenvalue weighted by Crippen LogP contribution is 2.44. The van der Waals surface area contributed by atoms with E-state index in [0.29, 0.717) is 5.92 Å². The van der Waals surface area contributed by atoms with Gasteiger partial charge in [0, 0.05) is 5.92 Å².